The number of allylic oxidation sites excluding steroid dienone is 2. The second kappa shape index (κ2) is 14.7. The van der Waals surface area contributed by atoms with Crippen molar-refractivity contribution in [1.29, 1.82) is 0 Å². The summed E-state index contributed by atoms with van der Waals surface area (Å²) in [6.07, 6.45) is 3.98. The van der Waals surface area contributed by atoms with Gasteiger partial charge in [-0.1, -0.05) is 30.8 Å². The van der Waals surface area contributed by atoms with Crippen molar-refractivity contribution in [2.75, 3.05) is 44.5 Å². The minimum atomic E-state index is -0.776. The van der Waals surface area contributed by atoms with Crippen molar-refractivity contribution in [2.45, 2.75) is 32.4 Å². The van der Waals surface area contributed by atoms with Crippen LogP contribution >= 0.6 is 11.6 Å². The molecule has 3 N–H and O–H groups in total. The predicted octanol–water partition coefficient (Wildman–Crippen LogP) is 5.79. The molecular formula is C34H37ClF2N4O6. The lowest BCUT2D eigenvalue weighted by Gasteiger charge is -2.46. The van der Waals surface area contributed by atoms with E-state index in [2.05, 4.69) is 19.7 Å². The lowest BCUT2D eigenvalue weighted by atomic mass is 10.0. The van der Waals surface area contributed by atoms with Gasteiger partial charge in [0.05, 0.1) is 64.6 Å². The third-order valence-corrected chi connectivity index (χ3v) is 8.41. The van der Waals surface area contributed by atoms with Gasteiger partial charge in [-0.05, 0) is 31.7 Å². The lowest BCUT2D eigenvalue weighted by Crippen LogP contribution is -2.58. The first-order valence-corrected chi connectivity index (χ1v) is 15.0. The van der Waals surface area contributed by atoms with Crippen LogP contribution < -0.4 is 16.1 Å². The molecule has 1 saturated heterocycles. The Hall–Kier alpha value is -4.81. The summed E-state index contributed by atoms with van der Waals surface area (Å²) in [5, 5.41) is 9.83. The first-order valence-electron chi connectivity index (χ1n) is 14.6. The summed E-state index contributed by atoms with van der Waals surface area (Å²) >= 11 is 6.92. The average Bonchev–Trinajstić information content (AvgIpc) is 3.02. The molecule has 0 radical (unpaired) electrons. The number of ether oxygens (including phenoxy) is 3. The number of ketones is 1. The van der Waals surface area contributed by atoms with Gasteiger partial charge in [0.25, 0.3) is 0 Å². The van der Waals surface area contributed by atoms with E-state index in [4.69, 9.17) is 31.5 Å². The summed E-state index contributed by atoms with van der Waals surface area (Å²) in [6.45, 7) is 13.0. The minimum absolute atomic E-state index is 0.0295. The second-order valence-corrected chi connectivity index (χ2v) is 11.3. The van der Waals surface area contributed by atoms with E-state index >= 15 is 4.39 Å². The Balaban J connectivity index is 1.86. The smallest absolute Gasteiger partial charge is 0.200 e. The SMILES string of the molecule is C=CCOC(=C)N(C)C1CN(c2c(F)cc3c(=O)c(C(=O)CC/C(OC)=C(\C)OC=C)cn(-c4cc(N)c(F)cc4CO)c3c2Cl)C1. The molecule has 13 heteroatoms. The molecule has 0 spiro atoms. The maximum atomic E-state index is 15.9. The van der Waals surface area contributed by atoms with E-state index in [1.807, 2.05) is 4.90 Å². The Morgan fingerprint density at radius 1 is 1.21 bits per heavy atom. The third-order valence-electron chi connectivity index (χ3n) is 8.05. The van der Waals surface area contributed by atoms with Gasteiger partial charge < -0.3 is 39.4 Å². The van der Waals surface area contributed by atoms with Crippen LogP contribution in [0.4, 0.5) is 20.2 Å². The summed E-state index contributed by atoms with van der Waals surface area (Å²) in [5.41, 5.74) is 4.93. The van der Waals surface area contributed by atoms with Gasteiger partial charge in [-0.25, -0.2) is 8.78 Å². The molecule has 0 aliphatic carbocycles. The first-order chi connectivity index (χ1) is 22.4. The molecule has 0 amide bonds. The summed E-state index contributed by atoms with van der Waals surface area (Å²) < 4.78 is 47.8. The number of pyridine rings is 1. The number of likely N-dealkylation sites (N-methyl/N-ethyl adjacent to an activating group) is 1. The number of rotatable bonds is 15. The number of halogens is 3. The van der Waals surface area contributed by atoms with Gasteiger partial charge in [0, 0.05) is 44.7 Å². The number of Topliss-reactive ketones (excluding diaryl/α,β-unsaturated/α-hetero) is 1. The largest absolute Gasteiger partial charge is 0.498 e. The number of aliphatic hydroxyl groups is 1. The first kappa shape index (κ1) is 35.1. The standard InChI is InChI=1S/C34H37ClF2N4O6/c1-7-11-47-20(4)39(5)22-15-40(16-22)33-26(37)13-23-32(31(33)35)41(28-14-27(38)25(36)12-21(28)18-42)17-24(34(23)44)29(43)9-10-30(45-6)19(3)46-8-2/h7-8,12-14,17,22,42H,1-2,4,9-11,15-16,18,38H2,3,5-6H3/b30-19-. The molecule has 0 unspecified atom stereocenters. The molecule has 3 aromatic rings. The molecule has 2 aromatic carbocycles. The van der Waals surface area contributed by atoms with Crippen molar-refractivity contribution < 1.29 is 32.9 Å². The maximum absolute atomic E-state index is 15.9. The molecule has 0 saturated carbocycles. The van der Waals surface area contributed by atoms with Gasteiger partial charge in [-0.3, -0.25) is 9.59 Å². The van der Waals surface area contributed by atoms with Gasteiger partial charge in [0.15, 0.2) is 17.1 Å². The van der Waals surface area contributed by atoms with Crippen molar-refractivity contribution in [3.8, 4) is 5.69 Å². The highest BCUT2D eigenvalue weighted by atomic mass is 35.5. The van der Waals surface area contributed by atoms with E-state index in [0.717, 1.165) is 12.1 Å². The van der Waals surface area contributed by atoms with Crippen molar-refractivity contribution in [3.05, 3.63) is 112 Å². The number of carbonyl (C=O) groups excluding carboxylic acids is 1. The van der Waals surface area contributed by atoms with Gasteiger partial charge >= 0.3 is 0 Å². The number of nitrogen functional groups attached to an aromatic ring is 1. The fraction of sp³-hybridized carbons (Fsp3) is 0.294. The molecule has 47 heavy (non-hydrogen) atoms. The van der Waals surface area contributed by atoms with Gasteiger partial charge in [0.2, 0.25) is 0 Å². The number of aliphatic hydroxyl groups excluding tert-OH is 1. The predicted molar refractivity (Wildman–Crippen MR) is 178 cm³/mol. The van der Waals surface area contributed by atoms with Crippen LogP contribution in [-0.2, 0) is 20.8 Å². The van der Waals surface area contributed by atoms with Crippen LogP contribution in [0.25, 0.3) is 16.6 Å². The van der Waals surface area contributed by atoms with Crippen LogP contribution in [0.2, 0.25) is 5.02 Å². The van der Waals surface area contributed by atoms with E-state index in [0.29, 0.717) is 30.5 Å². The van der Waals surface area contributed by atoms with E-state index in [1.165, 1.54) is 30.2 Å². The van der Waals surface area contributed by atoms with Crippen molar-refractivity contribution in [3.63, 3.8) is 0 Å². The highest BCUT2D eigenvalue weighted by Gasteiger charge is 2.35. The summed E-state index contributed by atoms with van der Waals surface area (Å²) in [4.78, 5) is 30.9. The second-order valence-electron chi connectivity index (χ2n) is 10.9. The Morgan fingerprint density at radius 2 is 1.91 bits per heavy atom. The van der Waals surface area contributed by atoms with Crippen molar-refractivity contribution in [2.24, 2.45) is 0 Å². The summed E-state index contributed by atoms with van der Waals surface area (Å²) in [7, 11) is 3.22. The van der Waals surface area contributed by atoms with E-state index in [-0.39, 0.29) is 69.6 Å². The molecule has 0 bridgehead atoms. The minimum Gasteiger partial charge on any atom is -0.498 e. The lowest BCUT2D eigenvalue weighted by molar-refractivity contribution is 0.0973. The van der Waals surface area contributed by atoms with Crippen LogP contribution in [0.1, 0.15) is 35.7 Å². The van der Waals surface area contributed by atoms with E-state index in [1.54, 1.807) is 24.9 Å². The number of nitrogens with two attached hydrogens (primary N) is 1. The summed E-state index contributed by atoms with van der Waals surface area (Å²) in [6, 6.07) is 3.25. The number of hydrogen-bond acceptors (Lipinski definition) is 9. The van der Waals surface area contributed by atoms with Gasteiger partial charge in [0.1, 0.15) is 29.8 Å². The van der Waals surface area contributed by atoms with E-state index < -0.39 is 29.5 Å². The Labute approximate surface area is 276 Å². The molecule has 1 aromatic heterocycles. The van der Waals surface area contributed by atoms with Gasteiger partial charge in [-0.15, -0.1) is 0 Å². The van der Waals surface area contributed by atoms with Crippen LogP contribution in [0.15, 0.2) is 78.7 Å². The van der Waals surface area contributed by atoms with E-state index in [9.17, 15) is 19.1 Å². The maximum Gasteiger partial charge on any atom is 0.200 e. The number of carbonyl (C=O) groups is 1. The quantitative estimate of drug-likeness (QED) is 0.0896. The topological polar surface area (TPSA) is 119 Å². The number of aromatic nitrogens is 1. The number of benzene rings is 2. The highest BCUT2D eigenvalue weighted by Crippen LogP contribution is 2.40. The highest BCUT2D eigenvalue weighted by molar-refractivity contribution is 6.38. The van der Waals surface area contributed by atoms with Gasteiger partial charge in [-0.2, -0.15) is 0 Å². The van der Waals surface area contributed by atoms with Crippen LogP contribution in [0.3, 0.4) is 0 Å². The fourth-order valence-corrected chi connectivity index (χ4v) is 5.77. The number of anilines is 2. The molecule has 1 aliphatic heterocycles. The van der Waals surface area contributed by atoms with Crippen LogP contribution in [0.5, 0.6) is 0 Å². The number of nitrogens with zero attached hydrogens (tertiary/aromatic N) is 3. The van der Waals surface area contributed by atoms with Crippen LogP contribution in [0, 0.1) is 11.6 Å². The molecule has 2 heterocycles. The fourth-order valence-electron chi connectivity index (χ4n) is 5.37. The number of hydrogen-bond donors (Lipinski definition) is 2. The molecule has 4 rings (SSSR count). The molecule has 10 nitrogen and oxygen atoms in total. The molecule has 0 atom stereocenters. The zero-order valence-electron chi connectivity index (χ0n) is 26.4. The third kappa shape index (κ3) is 6.98. The van der Waals surface area contributed by atoms with Crippen molar-refractivity contribution >= 4 is 39.7 Å². The Bertz CT molecular complexity index is 1830. The number of methoxy groups -OCH3 is 1. The normalized spacial score (nSPS) is 13.5. The molecule has 250 valence electrons. The molecule has 1 fully saturated rings. The molecule has 1 aliphatic rings. The number of fused-ring (bicyclic) bond motifs is 1. The summed E-state index contributed by atoms with van der Waals surface area (Å²) in [5.74, 6) is -0.964. The van der Waals surface area contributed by atoms with Crippen molar-refractivity contribution in [1.82, 2.24) is 9.47 Å². The molecular weight excluding hydrogens is 634 g/mol. The zero-order valence-corrected chi connectivity index (χ0v) is 27.2. The Kier molecular flexibility index (Phi) is 11.0. The Morgan fingerprint density at radius 3 is 2.53 bits per heavy atom. The van der Waals surface area contributed by atoms with Crippen LogP contribution in [-0.4, -0.2) is 60.3 Å². The zero-order chi connectivity index (χ0) is 34.6. The average molecular weight is 671 g/mol. The monoisotopic (exact) mass is 670 g/mol.